The zero-order chi connectivity index (χ0) is 18.5. The maximum absolute atomic E-state index is 11.7. The SMILES string of the molecule is CCc1ccc(Cc2cc(Br)c(OC3CCOC3)cc2NC(C)=O)cc1. The van der Waals surface area contributed by atoms with Gasteiger partial charge in [-0.25, -0.2) is 0 Å². The van der Waals surface area contributed by atoms with E-state index in [1.165, 1.54) is 18.1 Å². The Morgan fingerprint density at radius 1 is 1.27 bits per heavy atom. The molecule has 1 unspecified atom stereocenters. The predicted molar refractivity (Wildman–Crippen MR) is 107 cm³/mol. The Kier molecular flexibility index (Phi) is 6.33. The maximum atomic E-state index is 11.7. The third-order valence-electron chi connectivity index (χ3n) is 4.48. The highest BCUT2D eigenvalue weighted by Crippen LogP contribution is 2.34. The molecule has 2 aromatic carbocycles. The number of nitrogens with one attached hydrogen (secondary N) is 1. The summed E-state index contributed by atoms with van der Waals surface area (Å²) in [5, 5.41) is 2.94. The average molecular weight is 418 g/mol. The average Bonchev–Trinajstić information content (AvgIpc) is 3.12. The van der Waals surface area contributed by atoms with Gasteiger partial charge in [0.15, 0.2) is 0 Å². The van der Waals surface area contributed by atoms with Gasteiger partial charge in [-0.15, -0.1) is 0 Å². The van der Waals surface area contributed by atoms with Crippen molar-refractivity contribution < 1.29 is 14.3 Å². The van der Waals surface area contributed by atoms with Crippen LogP contribution in [0, 0.1) is 0 Å². The number of halogens is 1. The number of carbonyl (C=O) groups excluding carboxylic acids is 1. The molecule has 0 spiro atoms. The maximum Gasteiger partial charge on any atom is 0.221 e. The summed E-state index contributed by atoms with van der Waals surface area (Å²) in [6, 6.07) is 12.5. The molecule has 0 aliphatic carbocycles. The fourth-order valence-corrected chi connectivity index (χ4v) is 3.52. The van der Waals surface area contributed by atoms with E-state index in [1.807, 2.05) is 12.1 Å². The molecule has 0 radical (unpaired) electrons. The lowest BCUT2D eigenvalue weighted by Crippen LogP contribution is -2.16. The van der Waals surface area contributed by atoms with E-state index in [1.54, 1.807) is 0 Å². The summed E-state index contributed by atoms with van der Waals surface area (Å²) in [6.07, 6.45) is 2.71. The third kappa shape index (κ3) is 4.86. The van der Waals surface area contributed by atoms with Crippen LogP contribution in [0.1, 0.15) is 37.0 Å². The molecule has 1 atom stereocenters. The smallest absolute Gasteiger partial charge is 0.221 e. The van der Waals surface area contributed by atoms with Crippen LogP contribution < -0.4 is 10.1 Å². The Morgan fingerprint density at radius 2 is 2.00 bits per heavy atom. The molecular weight excluding hydrogens is 394 g/mol. The van der Waals surface area contributed by atoms with Gasteiger partial charge in [0.2, 0.25) is 5.91 Å². The standard InChI is InChI=1S/C21H24BrNO3/c1-3-15-4-6-16(7-5-15)10-17-11-19(22)21(12-20(17)23-14(2)24)26-18-8-9-25-13-18/h4-7,11-12,18H,3,8-10,13H2,1-2H3,(H,23,24). The van der Waals surface area contributed by atoms with E-state index in [-0.39, 0.29) is 12.0 Å². The van der Waals surface area contributed by atoms with Crippen molar-refractivity contribution in [2.24, 2.45) is 0 Å². The van der Waals surface area contributed by atoms with Crippen molar-refractivity contribution in [3.05, 3.63) is 57.6 Å². The largest absolute Gasteiger partial charge is 0.487 e. The minimum Gasteiger partial charge on any atom is -0.487 e. The Balaban J connectivity index is 1.86. The quantitative estimate of drug-likeness (QED) is 0.738. The highest BCUT2D eigenvalue weighted by Gasteiger charge is 2.20. The van der Waals surface area contributed by atoms with Crippen molar-refractivity contribution in [3.63, 3.8) is 0 Å². The van der Waals surface area contributed by atoms with Gasteiger partial charge < -0.3 is 14.8 Å². The summed E-state index contributed by atoms with van der Waals surface area (Å²) in [5.41, 5.74) is 4.36. The topological polar surface area (TPSA) is 47.6 Å². The van der Waals surface area contributed by atoms with E-state index in [0.29, 0.717) is 6.61 Å². The van der Waals surface area contributed by atoms with E-state index >= 15 is 0 Å². The van der Waals surface area contributed by atoms with Crippen LogP contribution in [-0.4, -0.2) is 25.2 Å². The van der Waals surface area contributed by atoms with Crippen LogP contribution in [-0.2, 0) is 22.4 Å². The number of hydrogen-bond donors (Lipinski definition) is 1. The van der Waals surface area contributed by atoms with Crippen LogP contribution in [0.3, 0.4) is 0 Å². The fourth-order valence-electron chi connectivity index (χ4n) is 3.04. The molecule has 1 aliphatic rings. The van der Waals surface area contributed by atoms with E-state index < -0.39 is 0 Å². The molecule has 1 aliphatic heterocycles. The van der Waals surface area contributed by atoms with Gasteiger partial charge in [0.1, 0.15) is 11.9 Å². The molecule has 5 heteroatoms. The van der Waals surface area contributed by atoms with E-state index in [2.05, 4.69) is 52.4 Å². The molecule has 0 bridgehead atoms. The zero-order valence-electron chi connectivity index (χ0n) is 15.2. The summed E-state index contributed by atoms with van der Waals surface area (Å²) in [6.45, 7) is 5.00. The summed E-state index contributed by atoms with van der Waals surface area (Å²) >= 11 is 3.61. The number of benzene rings is 2. The molecule has 1 amide bonds. The van der Waals surface area contributed by atoms with Gasteiger partial charge in [0.25, 0.3) is 0 Å². The van der Waals surface area contributed by atoms with E-state index in [0.717, 1.165) is 47.3 Å². The van der Waals surface area contributed by atoms with Gasteiger partial charge in [-0.3, -0.25) is 4.79 Å². The second-order valence-corrected chi connectivity index (χ2v) is 7.43. The van der Waals surface area contributed by atoms with Gasteiger partial charge in [-0.05, 0) is 51.5 Å². The Labute approximate surface area is 163 Å². The molecule has 1 heterocycles. The number of ether oxygens (including phenoxy) is 2. The molecule has 0 saturated carbocycles. The van der Waals surface area contributed by atoms with Crippen molar-refractivity contribution in [3.8, 4) is 5.75 Å². The van der Waals surface area contributed by atoms with Crippen LogP contribution in [0.25, 0.3) is 0 Å². The zero-order valence-corrected chi connectivity index (χ0v) is 16.8. The number of amides is 1. The molecule has 2 aromatic rings. The molecule has 4 nitrogen and oxygen atoms in total. The second kappa shape index (κ2) is 8.69. The first-order chi connectivity index (χ1) is 12.5. The van der Waals surface area contributed by atoms with E-state index in [4.69, 9.17) is 9.47 Å². The van der Waals surface area contributed by atoms with Crippen molar-refractivity contribution in [2.45, 2.75) is 39.2 Å². The van der Waals surface area contributed by atoms with Crippen molar-refractivity contribution in [1.29, 1.82) is 0 Å². The highest BCUT2D eigenvalue weighted by atomic mass is 79.9. The van der Waals surface area contributed by atoms with Gasteiger partial charge in [-0.1, -0.05) is 31.2 Å². The number of anilines is 1. The minimum absolute atomic E-state index is 0.0592. The third-order valence-corrected chi connectivity index (χ3v) is 5.10. The molecule has 3 rings (SSSR count). The first kappa shape index (κ1) is 18.9. The first-order valence-electron chi connectivity index (χ1n) is 8.97. The first-order valence-corrected chi connectivity index (χ1v) is 9.76. The van der Waals surface area contributed by atoms with Gasteiger partial charge >= 0.3 is 0 Å². The summed E-state index contributed by atoms with van der Waals surface area (Å²) in [4.78, 5) is 11.7. The lowest BCUT2D eigenvalue weighted by Gasteiger charge is -2.18. The summed E-state index contributed by atoms with van der Waals surface area (Å²) in [5.74, 6) is 0.638. The molecule has 1 fully saturated rings. The summed E-state index contributed by atoms with van der Waals surface area (Å²) < 4.78 is 12.3. The van der Waals surface area contributed by atoms with Crippen LogP contribution in [0.5, 0.6) is 5.75 Å². The molecule has 26 heavy (non-hydrogen) atoms. The molecule has 1 N–H and O–H groups in total. The van der Waals surface area contributed by atoms with Crippen molar-refractivity contribution >= 4 is 27.5 Å². The van der Waals surface area contributed by atoms with Gasteiger partial charge in [-0.2, -0.15) is 0 Å². The Morgan fingerprint density at radius 3 is 2.62 bits per heavy atom. The number of aryl methyl sites for hydroxylation is 1. The number of hydrogen-bond acceptors (Lipinski definition) is 3. The van der Waals surface area contributed by atoms with Crippen LogP contribution >= 0.6 is 15.9 Å². The number of rotatable bonds is 6. The van der Waals surface area contributed by atoms with Crippen molar-refractivity contribution in [2.75, 3.05) is 18.5 Å². The lowest BCUT2D eigenvalue weighted by molar-refractivity contribution is -0.114. The molecule has 138 valence electrons. The van der Waals surface area contributed by atoms with Gasteiger partial charge in [0.05, 0.1) is 17.7 Å². The molecule has 1 saturated heterocycles. The van der Waals surface area contributed by atoms with Crippen LogP contribution in [0.4, 0.5) is 5.69 Å². The van der Waals surface area contributed by atoms with Crippen LogP contribution in [0.15, 0.2) is 40.9 Å². The number of carbonyl (C=O) groups is 1. The second-order valence-electron chi connectivity index (χ2n) is 6.57. The highest BCUT2D eigenvalue weighted by molar-refractivity contribution is 9.10. The predicted octanol–water partition coefficient (Wildman–Crippen LogP) is 4.73. The monoisotopic (exact) mass is 417 g/mol. The molecule has 0 aromatic heterocycles. The van der Waals surface area contributed by atoms with Crippen molar-refractivity contribution in [1.82, 2.24) is 0 Å². The summed E-state index contributed by atoms with van der Waals surface area (Å²) in [7, 11) is 0. The van der Waals surface area contributed by atoms with Crippen LogP contribution in [0.2, 0.25) is 0 Å². The lowest BCUT2D eigenvalue weighted by atomic mass is 10.0. The normalized spacial score (nSPS) is 16.5. The van der Waals surface area contributed by atoms with Gasteiger partial charge in [0, 0.05) is 25.1 Å². The molecular formula is C21H24BrNO3. The minimum atomic E-state index is -0.0925. The Hall–Kier alpha value is -1.85. The van der Waals surface area contributed by atoms with E-state index in [9.17, 15) is 4.79 Å². The fraction of sp³-hybridized carbons (Fsp3) is 0.381. The Bertz CT molecular complexity index is 768.